The first-order valence-corrected chi connectivity index (χ1v) is 10.2. The zero-order valence-electron chi connectivity index (χ0n) is 16.7. The summed E-state index contributed by atoms with van der Waals surface area (Å²) < 4.78 is 5.27. The van der Waals surface area contributed by atoms with Crippen LogP contribution in [0.15, 0.2) is 73.1 Å². The van der Waals surface area contributed by atoms with Gasteiger partial charge in [-0.25, -0.2) is 0 Å². The number of hydrogen-bond donors (Lipinski definition) is 1. The Morgan fingerprint density at radius 3 is 2.52 bits per heavy atom. The lowest BCUT2D eigenvalue weighted by Crippen LogP contribution is -2.29. The number of H-pyrrole nitrogens is 1. The Morgan fingerprint density at radius 1 is 1.06 bits per heavy atom. The molecule has 0 fully saturated rings. The fourth-order valence-corrected chi connectivity index (χ4v) is 4.27. The Morgan fingerprint density at radius 2 is 1.81 bits per heavy atom. The van der Waals surface area contributed by atoms with Gasteiger partial charge in [-0.15, -0.1) is 0 Å². The number of benzene rings is 2. The van der Waals surface area contributed by atoms with Gasteiger partial charge in [0.05, 0.1) is 18.8 Å². The van der Waals surface area contributed by atoms with Crippen LogP contribution in [0.2, 0.25) is 5.02 Å². The number of hydrogen-bond acceptors (Lipinski definition) is 4. The van der Waals surface area contributed by atoms with Crippen LogP contribution >= 0.6 is 11.6 Å². The van der Waals surface area contributed by atoms with Crippen LogP contribution in [0.1, 0.15) is 33.2 Å². The molecule has 2 aromatic heterocycles. The first-order valence-electron chi connectivity index (χ1n) is 9.84. The van der Waals surface area contributed by atoms with Crippen molar-refractivity contribution in [2.45, 2.75) is 12.6 Å². The molecular weight excluding hydrogens is 412 g/mol. The average Bonchev–Trinajstić information content (AvgIpc) is 3.35. The molecule has 6 nitrogen and oxygen atoms in total. The maximum atomic E-state index is 13.4. The third kappa shape index (κ3) is 3.35. The molecule has 0 saturated carbocycles. The van der Waals surface area contributed by atoms with Crippen molar-refractivity contribution >= 4 is 17.5 Å². The Bertz CT molecular complexity index is 1240. The molecule has 0 saturated heterocycles. The second-order valence-electron chi connectivity index (χ2n) is 7.30. The molecule has 0 aliphatic carbocycles. The number of halogens is 1. The van der Waals surface area contributed by atoms with Gasteiger partial charge in [-0.2, -0.15) is 5.10 Å². The lowest BCUT2D eigenvalue weighted by Gasteiger charge is -2.27. The molecule has 1 N–H and O–H groups in total. The quantitative estimate of drug-likeness (QED) is 0.490. The van der Waals surface area contributed by atoms with E-state index in [1.807, 2.05) is 65.6 Å². The monoisotopic (exact) mass is 430 g/mol. The Kier molecular flexibility index (Phi) is 4.92. The van der Waals surface area contributed by atoms with Crippen molar-refractivity contribution in [2.75, 3.05) is 7.11 Å². The number of nitrogens with zero attached hydrogens (tertiary/aromatic N) is 3. The smallest absolute Gasteiger partial charge is 0.273 e. The first kappa shape index (κ1) is 19.3. The number of ether oxygens (including phenoxy) is 1. The van der Waals surface area contributed by atoms with Crippen LogP contribution in [0.5, 0.6) is 5.75 Å². The van der Waals surface area contributed by atoms with Gasteiger partial charge in [-0.3, -0.25) is 14.9 Å². The SMILES string of the molecule is COc1ccc(-c2n[nH]c3c2C(c2ccccc2Cl)N(Cc2ccncc2)C3=O)cc1. The van der Waals surface area contributed by atoms with Crippen molar-refractivity contribution in [2.24, 2.45) is 0 Å². The summed E-state index contributed by atoms with van der Waals surface area (Å²) in [6.07, 6.45) is 3.45. The van der Waals surface area contributed by atoms with Crippen LogP contribution in [0.4, 0.5) is 0 Å². The number of amides is 1. The third-order valence-corrected chi connectivity index (χ3v) is 5.87. The summed E-state index contributed by atoms with van der Waals surface area (Å²) in [5.74, 6) is 0.651. The van der Waals surface area contributed by atoms with Crippen LogP contribution in [-0.2, 0) is 6.54 Å². The summed E-state index contributed by atoms with van der Waals surface area (Å²) >= 11 is 6.60. The molecule has 0 bridgehead atoms. The number of fused-ring (bicyclic) bond motifs is 1. The molecule has 3 heterocycles. The summed E-state index contributed by atoms with van der Waals surface area (Å²) in [5, 5.41) is 8.07. The number of methoxy groups -OCH3 is 1. The van der Waals surface area contributed by atoms with Crippen LogP contribution in [0, 0.1) is 0 Å². The first-order chi connectivity index (χ1) is 15.2. The van der Waals surface area contributed by atoms with Gasteiger partial charge in [-0.1, -0.05) is 29.8 Å². The molecule has 7 heteroatoms. The van der Waals surface area contributed by atoms with Crippen LogP contribution in [-0.4, -0.2) is 33.1 Å². The number of nitrogens with one attached hydrogen (secondary N) is 1. The predicted molar refractivity (Wildman–Crippen MR) is 118 cm³/mol. The molecule has 0 radical (unpaired) electrons. The maximum absolute atomic E-state index is 13.4. The molecule has 4 aromatic rings. The summed E-state index contributed by atoms with van der Waals surface area (Å²) in [4.78, 5) is 19.3. The normalized spacial score (nSPS) is 15.2. The average molecular weight is 431 g/mol. The van der Waals surface area contributed by atoms with E-state index in [4.69, 9.17) is 16.3 Å². The van der Waals surface area contributed by atoms with E-state index in [0.717, 1.165) is 33.7 Å². The second kappa shape index (κ2) is 7.89. The molecule has 0 spiro atoms. The molecule has 1 aliphatic rings. The van der Waals surface area contributed by atoms with E-state index in [0.29, 0.717) is 17.3 Å². The molecule has 1 aliphatic heterocycles. The van der Waals surface area contributed by atoms with E-state index in [1.54, 1.807) is 19.5 Å². The van der Waals surface area contributed by atoms with E-state index < -0.39 is 0 Å². The number of rotatable bonds is 5. The molecule has 31 heavy (non-hydrogen) atoms. The van der Waals surface area contributed by atoms with E-state index in [2.05, 4.69) is 15.2 Å². The van der Waals surface area contributed by atoms with Gasteiger partial charge in [0.25, 0.3) is 5.91 Å². The number of carbonyl (C=O) groups excluding carboxylic acids is 1. The minimum Gasteiger partial charge on any atom is -0.497 e. The van der Waals surface area contributed by atoms with Gasteiger partial charge in [0.1, 0.15) is 11.4 Å². The second-order valence-corrected chi connectivity index (χ2v) is 7.71. The number of aromatic amines is 1. The Hall–Kier alpha value is -3.64. The highest BCUT2D eigenvalue weighted by molar-refractivity contribution is 6.31. The van der Waals surface area contributed by atoms with Gasteiger partial charge in [0.2, 0.25) is 0 Å². The number of pyridine rings is 1. The van der Waals surface area contributed by atoms with E-state index >= 15 is 0 Å². The topological polar surface area (TPSA) is 71.1 Å². The summed E-state index contributed by atoms with van der Waals surface area (Å²) in [5.41, 5.74) is 4.80. The molecule has 5 rings (SSSR count). The fraction of sp³-hybridized carbons (Fsp3) is 0.125. The standard InChI is InChI=1S/C24H19ClN4O2/c1-31-17-8-6-16(7-9-17)21-20-22(28-27-21)24(30)29(14-15-10-12-26-13-11-15)23(20)18-4-2-3-5-19(18)25/h2-13,23H,14H2,1H3,(H,27,28). The summed E-state index contributed by atoms with van der Waals surface area (Å²) in [7, 11) is 1.63. The summed E-state index contributed by atoms with van der Waals surface area (Å²) in [6, 6.07) is 18.7. The Labute approximate surface area is 184 Å². The lowest BCUT2D eigenvalue weighted by molar-refractivity contribution is 0.0730. The van der Waals surface area contributed by atoms with E-state index in [9.17, 15) is 4.79 Å². The molecular formula is C24H19ClN4O2. The van der Waals surface area contributed by atoms with Crippen molar-refractivity contribution in [3.05, 3.63) is 100 Å². The molecule has 1 atom stereocenters. The largest absolute Gasteiger partial charge is 0.497 e. The molecule has 154 valence electrons. The third-order valence-electron chi connectivity index (χ3n) is 5.53. The van der Waals surface area contributed by atoms with Crippen LogP contribution < -0.4 is 4.74 Å². The number of aromatic nitrogens is 3. The van der Waals surface area contributed by atoms with E-state index in [-0.39, 0.29) is 11.9 Å². The van der Waals surface area contributed by atoms with Crippen LogP contribution in [0.25, 0.3) is 11.3 Å². The number of carbonyl (C=O) groups is 1. The highest BCUT2D eigenvalue weighted by Gasteiger charge is 2.42. The van der Waals surface area contributed by atoms with Gasteiger partial charge in [0, 0.05) is 35.1 Å². The fourth-order valence-electron chi connectivity index (χ4n) is 4.03. The summed E-state index contributed by atoms with van der Waals surface area (Å²) in [6.45, 7) is 0.432. The van der Waals surface area contributed by atoms with Gasteiger partial charge >= 0.3 is 0 Å². The molecule has 2 aromatic carbocycles. The zero-order valence-corrected chi connectivity index (χ0v) is 17.5. The molecule has 1 unspecified atom stereocenters. The Balaban J connectivity index is 1.65. The highest BCUT2D eigenvalue weighted by atomic mass is 35.5. The van der Waals surface area contributed by atoms with Gasteiger partial charge < -0.3 is 9.64 Å². The highest BCUT2D eigenvalue weighted by Crippen LogP contribution is 2.45. The minimum absolute atomic E-state index is 0.107. The van der Waals surface area contributed by atoms with Gasteiger partial charge in [-0.05, 0) is 53.6 Å². The van der Waals surface area contributed by atoms with Crippen molar-refractivity contribution in [1.29, 1.82) is 0 Å². The lowest BCUT2D eigenvalue weighted by atomic mass is 9.96. The van der Waals surface area contributed by atoms with Crippen molar-refractivity contribution < 1.29 is 9.53 Å². The predicted octanol–water partition coefficient (Wildman–Crippen LogP) is 4.88. The van der Waals surface area contributed by atoms with Crippen molar-refractivity contribution in [3.8, 4) is 17.0 Å². The van der Waals surface area contributed by atoms with Crippen molar-refractivity contribution in [3.63, 3.8) is 0 Å². The van der Waals surface area contributed by atoms with Crippen molar-refractivity contribution in [1.82, 2.24) is 20.1 Å². The zero-order chi connectivity index (χ0) is 21.4. The van der Waals surface area contributed by atoms with Gasteiger partial charge in [0.15, 0.2) is 0 Å². The molecule has 1 amide bonds. The minimum atomic E-state index is -0.361. The van der Waals surface area contributed by atoms with Crippen LogP contribution in [0.3, 0.4) is 0 Å². The maximum Gasteiger partial charge on any atom is 0.273 e. The van der Waals surface area contributed by atoms with E-state index in [1.165, 1.54) is 0 Å².